The van der Waals surface area contributed by atoms with Crippen LogP contribution < -0.4 is 10.6 Å². The molecule has 0 unspecified atom stereocenters. The van der Waals surface area contributed by atoms with Crippen molar-refractivity contribution in [3.05, 3.63) is 23.8 Å². The topological polar surface area (TPSA) is 53.0 Å². The van der Waals surface area contributed by atoms with Crippen LogP contribution in [0.4, 0.5) is 11.4 Å². The summed E-state index contributed by atoms with van der Waals surface area (Å²) in [5, 5.41) is 8.70. The molecule has 1 rings (SSSR count). The van der Waals surface area contributed by atoms with E-state index in [4.69, 9.17) is 11.0 Å². The zero-order valence-corrected chi connectivity index (χ0v) is 10.9. The minimum atomic E-state index is 0.552. The summed E-state index contributed by atoms with van der Waals surface area (Å²) in [7, 11) is 0. The molecule has 0 saturated carbocycles. The van der Waals surface area contributed by atoms with E-state index in [0.717, 1.165) is 30.0 Å². The van der Waals surface area contributed by atoms with Crippen molar-refractivity contribution in [2.75, 3.05) is 23.7 Å². The predicted molar refractivity (Wildman–Crippen MR) is 72.9 cm³/mol. The summed E-state index contributed by atoms with van der Waals surface area (Å²) in [5.41, 5.74) is 8.88. The molecule has 0 amide bonds. The third kappa shape index (κ3) is 3.99. The van der Waals surface area contributed by atoms with Gasteiger partial charge in [0, 0.05) is 24.5 Å². The number of nitriles is 1. The lowest BCUT2D eigenvalue weighted by Gasteiger charge is -2.26. The van der Waals surface area contributed by atoms with Crippen molar-refractivity contribution in [1.82, 2.24) is 0 Å². The Kier molecular flexibility index (Phi) is 4.84. The highest BCUT2D eigenvalue weighted by atomic mass is 15.1. The number of nitrogens with zero attached hydrogens (tertiary/aromatic N) is 2. The van der Waals surface area contributed by atoms with Crippen molar-refractivity contribution in [2.24, 2.45) is 5.92 Å². The van der Waals surface area contributed by atoms with Crippen molar-refractivity contribution >= 4 is 11.4 Å². The SMILES string of the molecule is Cc1cc(N(CCC#N)CC(C)C)ccc1N. The number of hydrogen-bond acceptors (Lipinski definition) is 3. The fourth-order valence-corrected chi connectivity index (χ4v) is 1.81. The number of hydrogen-bond donors (Lipinski definition) is 1. The van der Waals surface area contributed by atoms with Gasteiger partial charge in [-0.2, -0.15) is 5.26 Å². The average Bonchev–Trinajstić information content (AvgIpc) is 2.27. The number of nitrogens with two attached hydrogens (primary N) is 1. The van der Waals surface area contributed by atoms with Gasteiger partial charge in [0.1, 0.15) is 0 Å². The Morgan fingerprint density at radius 3 is 2.65 bits per heavy atom. The molecule has 0 saturated heterocycles. The first-order valence-corrected chi connectivity index (χ1v) is 6.02. The van der Waals surface area contributed by atoms with Gasteiger partial charge in [-0.1, -0.05) is 13.8 Å². The molecule has 0 spiro atoms. The molecule has 0 heterocycles. The molecular weight excluding hydrogens is 210 g/mol. The fraction of sp³-hybridized carbons (Fsp3) is 0.500. The lowest BCUT2D eigenvalue weighted by molar-refractivity contribution is 0.612. The van der Waals surface area contributed by atoms with Gasteiger partial charge in [-0.25, -0.2) is 0 Å². The zero-order valence-electron chi connectivity index (χ0n) is 10.9. The summed E-state index contributed by atoms with van der Waals surface area (Å²) in [6, 6.07) is 8.26. The van der Waals surface area contributed by atoms with E-state index in [9.17, 15) is 0 Å². The maximum atomic E-state index is 8.70. The molecule has 92 valence electrons. The van der Waals surface area contributed by atoms with Crippen LogP contribution in [0.2, 0.25) is 0 Å². The minimum Gasteiger partial charge on any atom is -0.399 e. The Balaban J connectivity index is 2.87. The van der Waals surface area contributed by atoms with Crippen LogP contribution >= 0.6 is 0 Å². The number of aryl methyl sites for hydroxylation is 1. The maximum absolute atomic E-state index is 8.70. The van der Waals surface area contributed by atoms with Crippen LogP contribution in [0.5, 0.6) is 0 Å². The van der Waals surface area contributed by atoms with E-state index in [-0.39, 0.29) is 0 Å². The number of benzene rings is 1. The first-order chi connectivity index (χ1) is 8.04. The summed E-state index contributed by atoms with van der Waals surface area (Å²) in [4.78, 5) is 2.25. The smallest absolute Gasteiger partial charge is 0.0640 e. The first-order valence-electron chi connectivity index (χ1n) is 6.02. The molecule has 2 N–H and O–H groups in total. The van der Waals surface area contributed by atoms with E-state index >= 15 is 0 Å². The van der Waals surface area contributed by atoms with E-state index in [1.807, 2.05) is 19.1 Å². The molecule has 0 aliphatic heterocycles. The summed E-state index contributed by atoms with van der Waals surface area (Å²) in [6.45, 7) is 8.12. The number of anilines is 2. The van der Waals surface area contributed by atoms with Gasteiger partial charge >= 0.3 is 0 Å². The molecule has 0 aliphatic rings. The quantitative estimate of drug-likeness (QED) is 0.793. The molecule has 0 radical (unpaired) electrons. The normalized spacial score (nSPS) is 10.3. The van der Waals surface area contributed by atoms with E-state index in [1.54, 1.807) is 0 Å². The van der Waals surface area contributed by atoms with Crippen LogP contribution in [0.25, 0.3) is 0 Å². The second kappa shape index (κ2) is 6.15. The Morgan fingerprint density at radius 1 is 1.41 bits per heavy atom. The summed E-state index contributed by atoms with van der Waals surface area (Å²) < 4.78 is 0. The van der Waals surface area contributed by atoms with E-state index in [2.05, 4.69) is 30.9 Å². The highest BCUT2D eigenvalue weighted by Crippen LogP contribution is 2.21. The van der Waals surface area contributed by atoms with Crippen LogP contribution in [0, 0.1) is 24.2 Å². The lowest BCUT2D eigenvalue weighted by Crippen LogP contribution is -2.28. The molecule has 1 aromatic carbocycles. The molecular formula is C14H21N3. The highest BCUT2D eigenvalue weighted by Gasteiger charge is 2.09. The van der Waals surface area contributed by atoms with Crippen LogP contribution in [-0.2, 0) is 0 Å². The van der Waals surface area contributed by atoms with Gasteiger partial charge in [0.25, 0.3) is 0 Å². The molecule has 17 heavy (non-hydrogen) atoms. The van der Waals surface area contributed by atoms with Crippen molar-refractivity contribution in [2.45, 2.75) is 27.2 Å². The van der Waals surface area contributed by atoms with Gasteiger partial charge in [-0.05, 0) is 36.6 Å². The molecule has 1 aromatic rings. The second-order valence-electron chi connectivity index (χ2n) is 4.79. The second-order valence-corrected chi connectivity index (χ2v) is 4.79. The third-order valence-electron chi connectivity index (χ3n) is 2.70. The molecule has 0 aromatic heterocycles. The molecule has 0 bridgehead atoms. The Hall–Kier alpha value is -1.69. The van der Waals surface area contributed by atoms with E-state index < -0.39 is 0 Å². The number of rotatable bonds is 5. The predicted octanol–water partition coefficient (Wildman–Crippen LogP) is 2.95. The molecule has 0 aliphatic carbocycles. The molecule has 0 atom stereocenters. The monoisotopic (exact) mass is 231 g/mol. The number of nitrogen functional groups attached to an aromatic ring is 1. The zero-order chi connectivity index (χ0) is 12.8. The van der Waals surface area contributed by atoms with Crippen molar-refractivity contribution in [1.29, 1.82) is 5.26 Å². The fourth-order valence-electron chi connectivity index (χ4n) is 1.81. The first kappa shape index (κ1) is 13.4. The Morgan fingerprint density at radius 2 is 2.12 bits per heavy atom. The van der Waals surface area contributed by atoms with E-state index in [1.165, 1.54) is 0 Å². The van der Waals surface area contributed by atoms with Gasteiger partial charge in [0.05, 0.1) is 12.5 Å². The Bertz CT molecular complexity index is 404. The standard InChI is InChI=1S/C14H21N3/c1-11(2)10-17(8-4-7-15)13-5-6-14(16)12(3)9-13/h5-6,9,11H,4,8,10,16H2,1-3H3. The van der Waals surface area contributed by atoms with Crippen LogP contribution in [0.1, 0.15) is 25.8 Å². The molecule has 3 nitrogen and oxygen atoms in total. The third-order valence-corrected chi connectivity index (χ3v) is 2.70. The average molecular weight is 231 g/mol. The maximum Gasteiger partial charge on any atom is 0.0640 e. The van der Waals surface area contributed by atoms with Gasteiger partial charge in [0.15, 0.2) is 0 Å². The minimum absolute atomic E-state index is 0.552. The van der Waals surface area contributed by atoms with Crippen LogP contribution in [0.3, 0.4) is 0 Å². The molecule has 3 heteroatoms. The van der Waals surface area contributed by atoms with Crippen LogP contribution in [-0.4, -0.2) is 13.1 Å². The Labute approximate surface area is 104 Å². The largest absolute Gasteiger partial charge is 0.399 e. The van der Waals surface area contributed by atoms with Gasteiger partial charge in [-0.3, -0.25) is 0 Å². The van der Waals surface area contributed by atoms with Crippen molar-refractivity contribution in [3.63, 3.8) is 0 Å². The molecule has 0 fully saturated rings. The summed E-state index contributed by atoms with van der Waals surface area (Å²) in [6.07, 6.45) is 0.552. The lowest BCUT2D eigenvalue weighted by atomic mass is 10.1. The highest BCUT2D eigenvalue weighted by molar-refractivity contribution is 5.58. The van der Waals surface area contributed by atoms with Gasteiger partial charge in [0.2, 0.25) is 0 Å². The van der Waals surface area contributed by atoms with Gasteiger partial charge in [-0.15, -0.1) is 0 Å². The van der Waals surface area contributed by atoms with Crippen LogP contribution in [0.15, 0.2) is 18.2 Å². The van der Waals surface area contributed by atoms with Gasteiger partial charge < -0.3 is 10.6 Å². The van der Waals surface area contributed by atoms with E-state index in [0.29, 0.717) is 12.3 Å². The van der Waals surface area contributed by atoms with Crippen molar-refractivity contribution in [3.8, 4) is 6.07 Å². The summed E-state index contributed by atoms with van der Waals surface area (Å²) in [5.74, 6) is 0.576. The summed E-state index contributed by atoms with van der Waals surface area (Å²) >= 11 is 0. The van der Waals surface area contributed by atoms with Crippen molar-refractivity contribution < 1.29 is 0 Å².